The third kappa shape index (κ3) is 2.46. The number of hydrogen-bond acceptors (Lipinski definition) is 4. The Morgan fingerprint density at radius 3 is 1.25 bits per heavy atom. The van der Waals surface area contributed by atoms with Gasteiger partial charge in [0, 0.05) is 30.6 Å². The van der Waals surface area contributed by atoms with E-state index in [1.54, 1.807) is 0 Å². The van der Waals surface area contributed by atoms with E-state index in [4.69, 9.17) is 23.2 Å². The van der Waals surface area contributed by atoms with Gasteiger partial charge in [0.1, 0.15) is 0 Å². The molecule has 2 heterocycles. The van der Waals surface area contributed by atoms with Gasteiger partial charge in [0.25, 0.3) is 10.5 Å². The predicted molar refractivity (Wildman–Crippen MR) is 86.9 cm³/mol. The summed E-state index contributed by atoms with van der Waals surface area (Å²) in [6.07, 6.45) is 0. The van der Waals surface area contributed by atoms with Gasteiger partial charge < -0.3 is 0 Å². The molecule has 0 aliphatic carbocycles. The van der Waals surface area contributed by atoms with Gasteiger partial charge in [-0.05, 0) is 50.9 Å². The van der Waals surface area contributed by atoms with Crippen LogP contribution in [0.25, 0.3) is 11.1 Å². The zero-order valence-corrected chi connectivity index (χ0v) is 14.5. The van der Waals surface area contributed by atoms with Gasteiger partial charge in [-0.25, -0.2) is 0 Å². The Hall–Kier alpha value is -0.680. The number of carbonyl (C=O) groups is 2. The van der Waals surface area contributed by atoms with E-state index < -0.39 is 10.5 Å². The monoisotopic (exact) mass is 346 g/mol. The molecule has 0 aliphatic heterocycles. The van der Waals surface area contributed by atoms with Crippen molar-refractivity contribution >= 4 is 56.4 Å². The van der Waals surface area contributed by atoms with E-state index in [-0.39, 0.29) is 0 Å². The Kier molecular flexibility index (Phi) is 4.40. The summed E-state index contributed by atoms with van der Waals surface area (Å²) < 4.78 is 0. The second-order valence-electron chi connectivity index (χ2n) is 4.48. The first kappa shape index (κ1) is 15.7. The lowest BCUT2D eigenvalue weighted by molar-refractivity contribution is 0.107. The molecule has 0 aliphatic rings. The second-order valence-corrected chi connectivity index (χ2v) is 8.02. The van der Waals surface area contributed by atoms with Crippen molar-refractivity contribution in [3.63, 3.8) is 0 Å². The van der Waals surface area contributed by atoms with Crippen LogP contribution in [0.15, 0.2) is 0 Å². The van der Waals surface area contributed by atoms with Crippen molar-refractivity contribution in [1.82, 2.24) is 0 Å². The van der Waals surface area contributed by atoms with Gasteiger partial charge in [0.05, 0.1) is 11.1 Å². The summed E-state index contributed by atoms with van der Waals surface area (Å²) in [5.74, 6) is 0. The first-order valence-electron chi connectivity index (χ1n) is 5.85. The topological polar surface area (TPSA) is 34.1 Å². The normalized spacial score (nSPS) is 10.9. The molecule has 2 nitrogen and oxygen atoms in total. The van der Waals surface area contributed by atoms with Gasteiger partial charge in [-0.15, -0.1) is 22.7 Å². The highest BCUT2D eigenvalue weighted by molar-refractivity contribution is 7.14. The summed E-state index contributed by atoms with van der Waals surface area (Å²) in [5.41, 5.74) is 2.46. The molecule has 6 heteroatoms. The van der Waals surface area contributed by atoms with Crippen LogP contribution in [0.2, 0.25) is 0 Å². The number of aryl methyl sites for hydroxylation is 4. The van der Waals surface area contributed by atoms with Crippen molar-refractivity contribution in [3.8, 4) is 11.1 Å². The molecule has 0 unspecified atom stereocenters. The molecule has 0 aromatic carbocycles. The summed E-state index contributed by atoms with van der Waals surface area (Å²) in [6.45, 7) is 7.55. The molecule has 0 amide bonds. The van der Waals surface area contributed by atoms with Gasteiger partial charge in [-0.1, -0.05) is 0 Å². The highest BCUT2D eigenvalue weighted by atomic mass is 35.5. The van der Waals surface area contributed by atoms with E-state index in [1.807, 2.05) is 27.7 Å². The second kappa shape index (κ2) is 5.60. The minimum atomic E-state index is -0.502. The third-order valence-electron chi connectivity index (χ3n) is 3.16. The van der Waals surface area contributed by atoms with Crippen LogP contribution in [0.3, 0.4) is 0 Å². The van der Waals surface area contributed by atoms with Gasteiger partial charge in [-0.3, -0.25) is 9.59 Å². The quantitative estimate of drug-likeness (QED) is 0.690. The van der Waals surface area contributed by atoms with Gasteiger partial charge in [0.2, 0.25) is 0 Å². The fourth-order valence-electron chi connectivity index (χ4n) is 2.44. The lowest BCUT2D eigenvalue weighted by Gasteiger charge is -2.06. The Bertz CT molecular complexity index is 664. The standard InChI is InChI=1S/C14H12Cl2O2S2/c1-5-9(11(13(15)17)7(3)19-5)10-6(2)20-8(4)12(10)14(16)18/h1-4H3. The average molecular weight is 347 g/mol. The first-order chi connectivity index (χ1) is 9.25. The molecule has 2 aromatic rings. The van der Waals surface area contributed by atoms with Gasteiger partial charge in [0.15, 0.2) is 0 Å². The van der Waals surface area contributed by atoms with E-state index in [0.717, 1.165) is 30.6 Å². The summed E-state index contributed by atoms with van der Waals surface area (Å²) in [7, 11) is 0. The average Bonchev–Trinajstić information content (AvgIpc) is 2.74. The molecule has 0 atom stereocenters. The highest BCUT2D eigenvalue weighted by Gasteiger charge is 2.27. The van der Waals surface area contributed by atoms with E-state index in [2.05, 4.69) is 0 Å². The summed E-state index contributed by atoms with van der Waals surface area (Å²) in [6, 6.07) is 0. The Morgan fingerprint density at radius 1 is 0.700 bits per heavy atom. The number of carbonyl (C=O) groups excluding carboxylic acids is 2. The molecule has 0 spiro atoms. The van der Waals surface area contributed by atoms with Crippen LogP contribution in [-0.4, -0.2) is 10.5 Å². The van der Waals surface area contributed by atoms with Crippen molar-refractivity contribution < 1.29 is 9.59 Å². The fraction of sp³-hybridized carbons (Fsp3) is 0.286. The summed E-state index contributed by atoms with van der Waals surface area (Å²) in [5, 5.41) is -1.00. The first-order valence-corrected chi connectivity index (χ1v) is 8.24. The van der Waals surface area contributed by atoms with E-state index in [1.165, 1.54) is 22.7 Å². The lowest BCUT2D eigenvalue weighted by atomic mass is 9.97. The lowest BCUT2D eigenvalue weighted by Crippen LogP contribution is -1.98. The van der Waals surface area contributed by atoms with Crippen LogP contribution in [0.4, 0.5) is 0 Å². The van der Waals surface area contributed by atoms with E-state index in [0.29, 0.717) is 11.1 Å². The molecule has 0 saturated heterocycles. The minimum Gasteiger partial charge on any atom is -0.276 e. The fourth-order valence-corrected chi connectivity index (χ4v) is 5.15. The minimum absolute atomic E-state index is 0.481. The zero-order chi connectivity index (χ0) is 15.2. The number of hydrogen-bond donors (Lipinski definition) is 0. The molecular formula is C14H12Cl2O2S2. The maximum atomic E-state index is 11.7. The van der Waals surface area contributed by atoms with E-state index >= 15 is 0 Å². The Balaban J connectivity index is 2.89. The molecule has 0 radical (unpaired) electrons. The van der Waals surface area contributed by atoms with Crippen molar-refractivity contribution in [2.45, 2.75) is 27.7 Å². The maximum absolute atomic E-state index is 11.7. The van der Waals surface area contributed by atoms with Crippen molar-refractivity contribution in [2.75, 3.05) is 0 Å². The SMILES string of the molecule is Cc1sc(C)c(-c2c(C)sc(C)c2C(=O)Cl)c1C(=O)Cl. The van der Waals surface area contributed by atoms with Crippen LogP contribution in [-0.2, 0) is 0 Å². The molecular weight excluding hydrogens is 335 g/mol. The van der Waals surface area contributed by atoms with E-state index in [9.17, 15) is 9.59 Å². The van der Waals surface area contributed by atoms with Crippen LogP contribution < -0.4 is 0 Å². The highest BCUT2D eigenvalue weighted by Crippen LogP contribution is 2.44. The summed E-state index contributed by atoms with van der Waals surface area (Å²) in [4.78, 5) is 27.1. The largest absolute Gasteiger partial charge is 0.276 e. The van der Waals surface area contributed by atoms with Crippen LogP contribution in [0, 0.1) is 27.7 Å². The molecule has 106 valence electrons. The third-order valence-corrected chi connectivity index (χ3v) is 5.58. The smallest absolute Gasteiger partial charge is 0.254 e. The zero-order valence-electron chi connectivity index (χ0n) is 11.4. The Morgan fingerprint density at radius 2 is 1.00 bits per heavy atom. The van der Waals surface area contributed by atoms with Crippen LogP contribution >= 0.6 is 45.9 Å². The summed E-state index contributed by atoms with van der Waals surface area (Å²) >= 11 is 14.4. The van der Waals surface area contributed by atoms with Crippen molar-refractivity contribution in [3.05, 3.63) is 30.6 Å². The number of thiophene rings is 2. The number of rotatable bonds is 3. The predicted octanol–water partition coefficient (Wildman–Crippen LogP) is 5.47. The van der Waals surface area contributed by atoms with Crippen LogP contribution in [0.1, 0.15) is 40.2 Å². The molecule has 2 rings (SSSR count). The molecule has 0 fully saturated rings. The molecule has 0 bridgehead atoms. The molecule has 20 heavy (non-hydrogen) atoms. The maximum Gasteiger partial charge on any atom is 0.254 e. The van der Waals surface area contributed by atoms with Gasteiger partial charge in [-0.2, -0.15) is 0 Å². The van der Waals surface area contributed by atoms with Gasteiger partial charge >= 0.3 is 0 Å². The van der Waals surface area contributed by atoms with Crippen LogP contribution in [0.5, 0.6) is 0 Å². The van der Waals surface area contributed by atoms with Crippen molar-refractivity contribution in [1.29, 1.82) is 0 Å². The molecule has 2 aromatic heterocycles. The van der Waals surface area contributed by atoms with Crippen molar-refractivity contribution in [2.24, 2.45) is 0 Å². The molecule has 0 N–H and O–H groups in total. The Labute approximate surface area is 135 Å². The molecule has 0 saturated carbocycles. The number of halogens is 2.